The van der Waals surface area contributed by atoms with E-state index in [0.29, 0.717) is 28.3 Å². The van der Waals surface area contributed by atoms with E-state index < -0.39 is 0 Å². The van der Waals surface area contributed by atoms with Gasteiger partial charge in [-0.15, -0.1) is 0 Å². The summed E-state index contributed by atoms with van der Waals surface area (Å²) in [4.78, 5) is 12.0. The van der Waals surface area contributed by atoms with Crippen molar-refractivity contribution >= 4 is 40.5 Å². The Hall–Kier alpha value is -1.91. The molecule has 0 aliphatic heterocycles. The Balaban J connectivity index is 1.83. The van der Waals surface area contributed by atoms with E-state index in [1.54, 1.807) is 18.2 Å². The number of halogens is 2. The summed E-state index contributed by atoms with van der Waals surface area (Å²) in [5.41, 5.74) is 1.43. The lowest BCUT2D eigenvalue weighted by atomic mass is 10.1. The molecular weight excluding hydrogens is 359 g/mol. The zero-order chi connectivity index (χ0) is 18.2. The molecule has 2 rings (SSSR count). The van der Waals surface area contributed by atoms with Crippen LogP contribution in [0.5, 0.6) is 5.75 Å². The lowest BCUT2D eigenvalue weighted by Crippen LogP contribution is -2.21. The van der Waals surface area contributed by atoms with Crippen LogP contribution in [-0.4, -0.2) is 19.1 Å². The molecule has 6 heteroatoms. The summed E-state index contributed by atoms with van der Waals surface area (Å²) in [6, 6.07) is 12.5. The lowest BCUT2D eigenvalue weighted by molar-refractivity contribution is -0.114. The minimum Gasteiger partial charge on any atom is -0.494 e. The van der Waals surface area contributed by atoms with Gasteiger partial charge in [-0.3, -0.25) is 4.79 Å². The van der Waals surface area contributed by atoms with Gasteiger partial charge in [0.1, 0.15) is 5.75 Å². The van der Waals surface area contributed by atoms with Gasteiger partial charge in [-0.05, 0) is 42.7 Å². The van der Waals surface area contributed by atoms with Crippen molar-refractivity contribution in [1.29, 1.82) is 0 Å². The highest BCUT2D eigenvalue weighted by atomic mass is 35.5. The molecule has 0 saturated heterocycles. The molecule has 2 aromatic rings. The predicted molar refractivity (Wildman–Crippen MR) is 105 cm³/mol. The number of ether oxygens (including phenoxy) is 1. The van der Waals surface area contributed by atoms with Gasteiger partial charge in [0.05, 0.1) is 23.2 Å². The van der Waals surface area contributed by atoms with Crippen LogP contribution < -0.4 is 15.4 Å². The quantitative estimate of drug-likeness (QED) is 0.638. The van der Waals surface area contributed by atoms with Crippen LogP contribution >= 0.6 is 23.2 Å². The van der Waals surface area contributed by atoms with E-state index in [2.05, 4.69) is 24.5 Å². The maximum atomic E-state index is 12.0. The molecule has 2 N–H and O–H groups in total. The van der Waals surface area contributed by atoms with Gasteiger partial charge < -0.3 is 15.4 Å². The van der Waals surface area contributed by atoms with E-state index in [-0.39, 0.29) is 12.5 Å². The molecule has 1 amide bonds. The topological polar surface area (TPSA) is 50.4 Å². The molecule has 0 atom stereocenters. The van der Waals surface area contributed by atoms with E-state index in [9.17, 15) is 4.79 Å². The third kappa shape index (κ3) is 6.85. The van der Waals surface area contributed by atoms with Gasteiger partial charge >= 0.3 is 0 Å². The normalized spacial score (nSPS) is 10.6. The molecular formula is C19H22Cl2N2O2. The van der Waals surface area contributed by atoms with Crippen molar-refractivity contribution < 1.29 is 9.53 Å². The van der Waals surface area contributed by atoms with Crippen molar-refractivity contribution in [3.05, 3.63) is 52.5 Å². The van der Waals surface area contributed by atoms with Crippen LogP contribution in [0.25, 0.3) is 0 Å². The summed E-state index contributed by atoms with van der Waals surface area (Å²) in [5, 5.41) is 6.70. The Kier molecular flexibility index (Phi) is 7.41. The fraction of sp³-hybridized carbons (Fsp3) is 0.316. The zero-order valence-corrected chi connectivity index (χ0v) is 15.8. The molecule has 0 radical (unpaired) electrons. The number of benzene rings is 2. The highest BCUT2D eigenvalue weighted by Crippen LogP contribution is 2.25. The fourth-order valence-electron chi connectivity index (χ4n) is 2.07. The molecule has 0 unspecified atom stereocenters. The number of anilines is 2. The first kappa shape index (κ1) is 19.4. The number of nitrogens with one attached hydrogen (secondary N) is 2. The Morgan fingerprint density at radius 2 is 1.88 bits per heavy atom. The van der Waals surface area contributed by atoms with Crippen LogP contribution in [0.15, 0.2) is 42.5 Å². The Morgan fingerprint density at radius 3 is 2.60 bits per heavy atom. The Bertz CT molecular complexity index is 720. The third-order valence-corrected chi connectivity index (χ3v) is 4.19. The molecule has 0 aliphatic carbocycles. The molecule has 134 valence electrons. The third-order valence-electron chi connectivity index (χ3n) is 3.45. The standard InChI is InChI=1S/C19H22Cl2N2O2/c1-13(2)8-9-25-16-5-3-4-14(10-16)22-12-19(24)23-15-6-7-17(20)18(21)11-15/h3-7,10-11,13,22H,8-9,12H2,1-2H3,(H,23,24). The van der Waals surface area contributed by atoms with Crippen LogP contribution in [0.2, 0.25) is 10.0 Å². The second-order valence-electron chi connectivity index (χ2n) is 6.09. The highest BCUT2D eigenvalue weighted by Gasteiger charge is 2.05. The first-order valence-electron chi connectivity index (χ1n) is 8.15. The van der Waals surface area contributed by atoms with Crippen molar-refractivity contribution in [2.24, 2.45) is 5.92 Å². The maximum absolute atomic E-state index is 12.0. The summed E-state index contributed by atoms with van der Waals surface area (Å²) in [5.74, 6) is 1.21. The van der Waals surface area contributed by atoms with E-state index in [0.717, 1.165) is 17.9 Å². The average molecular weight is 381 g/mol. The van der Waals surface area contributed by atoms with Gasteiger partial charge in [0, 0.05) is 17.4 Å². The Labute approximate surface area is 158 Å². The van der Waals surface area contributed by atoms with Gasteiger partial charge in [0.15, 0.2) is 0 Å². The van der Waals surface area contributed by atoms with E-state index in [1.165, 1.54) is 0 Å². The number of carbonyl (C=O) groups excluding carboxylic acids is 1. The van der Waals surface area contributed by atoms with Crippen LogP contribution in [0.4, 0.5) is 11.4 Å². The van der Waals surface area contributed by atoms with Crippen LogP contribution in [0.1, 0.15) is 20.3 Å². The minimum absolute atomic E-state index is 0.135. The summed E-state index contributed by atoms with van der Waals surface area (Å²) < 4.78 is 5.72. The summed E-state index contributed by atoms with van der Waals surface area (Å²) in [7, 11) is 0. The van der Waals surface area contributed by atoms with Crippen molar-refractivity contribution in [2.45, 2.75) is 20.3 Å². The molecule has 2 aromatic carbocycles. The second-order valence-corrected chi connectivity index (χ2v) is 6.90. The van der Waals surface area contributed by atoms with Crippen molar-refractivity contribution in [1.82, 2.24) is 0 Å². The van der Waals surface area contributed by atoms with E-state index in [4.69, 9.17) is 27.9 Å². The molecule has 0 aliphatic rings. The predicted octanol–water partition coefficient (Wildman–Crippen LogP) is 5.47. The van der Waals surface area contributed by atoms with Crippen LogP contribution in [0.3, 0.4) is 0 Å². The van der Waals surface area contributed by atoms with E-state index in [1.807, 2.05) is 24.3 Å². The van der Waals surface area contributed by atoms with Gasteiger partial charge in [-0.1, -0.05) is 43.1 Å². The second kappa shape index (κ2) is 9.54. The van der Waals surface area contributed by atoms with Crippen molar-refractivity contribution in [3.63, 3.8) is 0 Å². The largest absolute Gasteiger partial charge is 0.494 e. The van der Waals surface area contributed by atoms with Gasteiger partial charge in [0.25, 0.3) is 0 Å². The summed E-state index contributed by atoms with van der Waals surface area (Å²) in [6.45, 7) is 5.14. The number of hydrogen-bond donors (Lipinski definition) is 2. The van der Waals surface area contributed by atoms with E-state index >= 15 is 0 Å². The number of rotatable bonds is 8. The molecule has 4 nitrogen and oxygen atoms in total. The van der Waals surface area contributed by atoms with Gasteiger partial charge in [0.2, 0.25) is 5.91 Å². The van der Waals surface area contributed by atoms with Crippen molar-refractivity contribution in [2.75, 3.05) is 23.8 Å². The smallest absolute Gasteiger partial charge is 0.243 e. The first-order valence-corrected chi connectivity index (χ1v) is 8.91. The molecule has 0 heterocycles. The highest BCUT2D eigenvalue weighted by molar-refractivity contribution is 6.42. The molecule has 0 fully saturated rings. The zero-order valence-electron chi connectivity index (χ0n) is 14.3. The fourth-order valence-corrected chi connectivity index (χ4v) is 2.37. The van der Waals surface area contributed by atoms with Gasteiger partial charge in [-0.2, -0.15) is 0 Å². The van der Waals surface area contributed by atoms with Crippen molar-refractivity contribution in [3.8, 4) is 5.75 Å². The number of amides is 1. The molecule has 0 bridgehead atoms. The molecule has 25 heavy (non-hydrogen) atoms. The lowest BCUT2D eigenvalue weighted by Gasteiger charge is -2.11. The summed E-state index contributed by atoms with van der Waals surface area (Å²) in [6.07, 6.45) is 1.00. The Morgan fingerprint density at radius 1 is 1.08 bits per heavy atom. The van der Waals surface area contributed by atoms with Crippen LogP contribution in [-0.2, 0) is 4.79 Å². The summed E-state index contributed by atoms with van der Waals surface area (Å²) >= 11 is 11.8. The number of carbonyl (C=O) groups is 1. The van der Waals surface area contributed by atoms with Gasteiger partial charge in [-0.25, -0.2) is 0 Å². The SMILES string of the molecule is CC(C)CCOc1cccc(NCC(=O)Nc2ccc(Cl)c(Cl)c2)c1. The average Bonchev–Trinajstić information content (AvgIpc) is 2.56. The van der Waals surface area contributed by atoms with Crippen LogP contribution in [0, 0.1) is 5.92 Å². The maximum Gasteiger partial charge on any atom is 0.243 e. The first-order chi connectivity index (χ1) is 11.9. The molecule has 0 aromatic heterocycles. The molecule has 0 spiro atoms. The molecule has 0 saturated carbocycles. The minimum atomic E-state index is -0.176. The number of hydrogen-bond acceptors (Lipinski definition) is 3. The monoisotopic (exact) mass is 380 g/mol.